The molecule has 2 aromatic carbocycles. The number of thiazole rings is 1. The Labute approximate surface area is 196 Å². The van der Waals surface area contributed by atoms with E-state index in [-0.39, 0.29) is 11.3 Å². The lowest BCUT2D eigenvalue weighted by Crippen LogP contribution is -2.58. The first kappa shape index (κ1) is 21.6. The Morgan fingerprint density at radius 3 is 2.55 bits per heavy atom. The lowest BCUT2D eigenvalue weighted by Gasteiger charge is -2.45. The van der Waals surface area contributed by atoms with Gasteiger partial charge in [-0.05, 0) is 57.5 Å². The minimum absolute atomic E-state index is 0.0398. The molecule has 0 N–H and O–H groups in total. The minimum atomic E-state index is -1.04. The van der Waals surface area contributed by atoms with E-state index in [4.69, 9.17) is 9.73 Å². The van der Waals surface area contributed by atoms with Gasteiger partial charge in [0.2, 0.25) is 5.72 Å². The summed E-state index contributed by atoms with van der Waals surface area (Å²) >= 11 is 1.35. The molecule has 0 saturated carbocycles. The van der Waals surface area contributed by atoms with Crippen LogP contribution in [-0.2, 0) is 4.79 Å². The number of Topliss-reactive ketones (excluding diaryl/α,β-unsaturated/α-hetero) is 1. The van der Waals surface area contributed by atoms with Gasteiger partial charge >= 0.3 is 0 Å². The molecule has 2 aliphatic rings. The van der Waals surface area contributed by atoms with Crippen molar-refractivity contribution in [3.63, 3.8) is 0 Å². The van der Waals surface area contributed by atoms with Crippen LogP contribution >= 0.6 is 11.3 Å². The second-order valence-corrected chi connectivity index (χ2v) is 9.68. The van der Waals surface area contributed by atoms with Gasteiger partial charge in [0, 0.05) is 24.3 Å². The van der Waals surface area contributed by atoms with E-state index in [0.717, 1.165) is 29.9 Å². The van der Waals surface area contributed by atoms with Gasteiger partial charge < -0.3 is 9.64 Å². The number of benzene rings is 2. The number of rotatable bonds is 5. The van der Waals surface area contributed by atoms with E-state index >= 15 is 0 Å². The van der Waals surface area contributed by atoms with Crippen molar-refractivity contribution in [2.45, 2.75) is 39.5 Å². The van der Waals surface area contributed by atoms with Crippen molar-refractivity contribution in [3.05, 3.63) is 79.3 Å². The number of para-hydroxylation sites is 1. The molecule has 0 aliphatic carbocycles. The fourth-order valence-corrected chi connectivity index (χ4v) is 6.18. The first-order valence-electron chi connectivity index (χ1n) is 11.3. The third-order valence-electron chi connectivity index (χ3n) is 6.64. The predicted molar refractivity (Wildman–Crippen MR) is 131 cm³/mol. The van der Waals surface area contributed by atoms with Gasteiger partial charge in [0.25, 0.3) is 5.56 Å². The summed E-state index contributed by atoms with van der Waals surface area (Å²) in [5.74, 6) is 0.0722. The smallest absolute Gasteiger partial charge is 0.270 e. The Hall–Kier alpha value is -3.19. The summed E-state index contributed by atoms with van der Waals surface area (Å²) in [6.07, 6.45) is 1.90. The van der Waals surface area contributed by atoms with Crippen LogP contribution in [0.2, 0.25) is 0 Å². The molecular weight excluding hydrogens is 434 g/mol. The monoisotopic (exact) mass is 461 g/mol. The van der Waals surface area contributed by atoms with Gasteiger partial charge in [-0.25, -0.2) is 4.99 Å². The maximum atomic E-state index is 13.6. The topological polar surface area (TPSA) is 63.9 Å². The largest absolute Gasteiger partial charge is 0.465 e. The summed E-state index contributed by atoms with van der Waals surface area (Å²) in [6, 6.07) is 15.4. The molecule has 2 aliphatic heterocycles. The molecule has 7 heteroatoms. The Bertz CT molecular complexity index is 1400. The van der Waals surface area contributed by atoms with Crippen LogP contribution in [0.3, 0.4) is 0 Å². The quantitative estimate of drug-likeness (QED) is 0.586. The fraction of sp³-hybridized carbons (Fsp3) is 0.346. The zero-order valence-corrected chi connectivity index (χ0v) is 20.1. The number of fused-ring (bicyclic) bond motifs is 6. The summed E-state index contributed by atoms with van der Waals surface area (Å²) < 4.78 is 8.52. The summed E-state index contributed by atoms with van der Waals surface area (Å²) in [7, 11) is 0. The molecule has 3 aromatic rings. The van der Waals surface area contributed by atoms with E-state index in [0.29, 0.717) is 15.1 Å². The Kier molecular flexibility index (Phi) is 5.24. The molecule has 1 aromatic heterocycles. The third-order valence-corrected chi connectivity index (χ3v) is 7.62. The zero-order chi connectivity index (χ0) is 23.3. The molecule has 0 saturated heterocycles. The fourth-order valence-electron chi connectivity index (χ4n) is 5.08. The molecule has 170 valence electrons. The van der Waals surface area contributed by atoms with Crippen molar-refractivity contribution in [2.75, 3.05) is 18.0 Å². The molecule has 0 amide bonds. The highest BCUT2D eigenvalue weighted by Gasteiger charge is 2.53. The van der Waals surface area contributed by atoms with E-state index in [1.807, 2.05) is 49.4 Å². The summed E-state index contributed by atoms with van der Waals surface area (Å²) in [4.78, 5) is 34.0. The molecule has 5 rings (SSSR count). The number of aromatic nitrogens is 1. The van der Waals surface area contributed by atoms with Gasteiger partial charge in [-0.2, -0.15) is 0 Å². The van der Waals surface area contributed by atoms with Crippen molar-refractivity contribution < 1.29 is 9.53 Å². The van der Waals surface area contributed by atoms with Crippen molar-refractivity contribution in [1.29, 1.82) is 0 Å². The SMILES string of the molecule is CCN(CC)c1ccc(/C=c2\sc3n(c2=O)C2c4ccccc4OC(C)(N=3)C2C(C)=O)cc1. The second-order valence-electron chi connectivity index (χ2n) is 8.67. The highest BCUT2D eigenvalue weighted by molar-refractivity contribution is 7.07. The highest BCUT2D eigenvalue weighted by atomic mass is 32.1. The molecule has 0 fully saturated rings. The van der Waals surface area contributed by atoms with E-state index in [9.17, 15) is 9.59 Å². The molecular formula is C26H27N3O3S. The van der Waals surface area contributed by atoms with Crippen molar-refractivity contribution >= 4 is 28.9 Å². The van der Waals surface area contributed by atoms with Crippen LogP contribution in [0.5, 0.6) is 5.75 Å². The number of ether oxygens (including phenoxy) is 1. The Morgan fingerprint density at radius 1 is 1.18 bits per heavy atom. The van der Waals surface area contributed by atoms with Gasteiger partial charge in [0.15, 0.2) is 4.80 Å². The molecule has 0 radical (unpaired) electrons. The molecule has 6 nitrogen and oxygen atoms in total. The van der Waals surface area contributed by atoms with Crippen molar-refractivity contribution in [2.24, 2.45) is 10.9 Å². The average Bonchev–Trinajstić information content (AvgIpc) is 3.08. The summed E-state index contributed by atoms with van der Waals surface area (Å²) in [5, 5.41) is 0. The minimum Gasteiger partial charge on any atom is -0.465 e. The van der Waals surface area contributed by atoms with Gasteiger partial charge in [0.05, 0.1) is 10.6 Å². The second kappa shape index (κ2) is 7.99. The number of hydrogen-bond acceptors (Lipinski definition) is 6. The predicted octanol–water partition coefficient (Wildman–Crippen LogP) is 3.12. The standard InChI is InChI=1S/C26H27N3O3S/c1-5-28(6-2)18-13-11-17(12-14-18)15-21-24(31)29-23-19-9-7-8-10-20(19)32-26(4,22(23)16(3)30)27-25(29)33-21/h7-15,22-23H,5-6H2,1-4H3/b21-15-. The summed E-state index contributed by atoms with van der Waals surface area (Å²) in [6.45, 7) is 9.55. The van der Waals surface area contributed by atoms with Gasteiger partial charge in [-0.15, -0.1) is 0 Å². The van der Waals surface area contributed by atoms with Crippen LogP contribution in [0.15, 0.2) is 58.3 Å². The van der Waals surface area contributed by atoms with Crippen LogP contribution in [0, 0.1) is 5.92 Å². The molecule has 3 unspecified atom stereocenters. The van der Waals surface area contributed by atoms with E-state index < -0.39 is 17.7 Å². The first-order valence-corrected chi connectivity index (χ1v) is 12.1. The first-order chi connectivity index (χ1) is 15.9. The van der Waals surface area contributed by atoms with Crippen LogP contribution in [0.25, 0.3) is 6.08 Å². The average molecular weight is 462 g/mol. The van der Waals surface area contributed by atoms with E-state index in [2.05, 4.69) is 30.9 Å². The normalized spacial score (nSPS) is 23.2. The number of hydrogen-bond donors (Lipinski definition) is 0. The lowest BCUT2D eigenvalue weighted by molar-refractivity contribution is -0.132. The van der Waals surface area contributed by atoms with Gasteiger partial charge in [0.1, 0.15) is 17.5 Å². The molecule has 0 spiro atoms. The number of anilines is 1. The number of nitrogens with zero attached hydrogens (tertiary/aromatic N) is 3. The molecule has 3 heterocycles. The molecule has 2 bridgehead atoms. The highest BCUT2D eigenvalue weighted by Crippen LogP contribution is 2.47. The molecule has 33 heavy (non-hydrogen) atoms. The number of ketones is 1. The zero-order valence-electron chi connectivity index (χ0n) is 19.2. The third kappa shape index (κ3) is 3.42. The van der Waals surface area contributed by atoms with Crippen molar-refractivity contribution in [3.8, 4) is 5.75 Å². The van der Waals surface area contributed by atoms with E-state index in [1.165, 1.54) is 11.3 Å². The summed E-state index contributed by atoms with van der Waals surface area (Å²) in [5.41, 5.74) is 1.80. The van der Waals surface area contributed by atoms with Crippen LogP contribution < -0.4 is 24.5 Å². The van der Waals surface area contributed by atoms with Gasteiger partial charge in [-0.1, -0.05) is 41.7 Å². The van der Waals surface area contributed by atoms with Crippen LogP contribution in [-0.4, -0.2) is 29.2 Å². The lowest BCUT2D eigenvalue weighted by atomic mass is 9.79. The Morgan fingerprint density at radius 2 is 1.88 bits per heavy atom. The Balaban J connectivity index is 1.66. The molecule has 3 atom stereocenters. The van der Waals surface area contributed by atoms with E-state index in [1.54, 1.807) is 11.5 Å². The van der Waals surface area contributed by atoms with Crippen LogP contribution in [0.4, 0.5) is 5.69 Å². The maximum absolute atomic E-state index is 13.6. The van der Waals surface area contributed by atoms with Crippen molar-refractivity contribution in [1.82, 2.24) is 4.57 Å². The van der Waals surface area contributed by atoms with Crippen LogP contribution in [0.1, 0.15) is 44.9 Å². The maximum Gasteiger partial charge on any atom is 0.270 e. The number of carbonyl (C=O) groups excluding carboxylic acids is 1. The number of carbonyl (C=O) groups is 1. The van der Waals surface area contributed by atoms with Gasteiger partial charge in [-0.3, -0.25) is 14.2 Å².